The Balaban J connectivity index is 1.47. The molecule has 0 aliphatic rings. The summed E-state index contributed by atoms with van der Waals surface area (Å²) in [6, 6.07) is 15.5. The third kappa shape index (κ3) is 2.61. The summed E-state index contributed by atoms with van der Waals surface area (Å²) in [4.78, 5) is 21.0. The number of rotatable bonds is 3. The Bertz CT molecular complexity index is 1300. The Morgan fingerprint density at radius 3 is 2.75 bits per heavy atom. The molecule has 0 bridgehead atoms. The van der Waals surface area contributed by atoms with Crippen LogP contribution in [0, 0.1) is 6.92 Å². The SMILES string of the molecule is Cc1c(C(=O)Nc2ccc(-n3cncn3)nc2)oc2c1ccc1ccccc12. The Labute approximate surface area is 159 Å². The van der Waals surface area contributed by atoms with Crippen molar-refractivity contribution in [2.24, 2.45) is 0 Å². The first-order valence-electron chi connectivity index (χ1n) is 8.74. The van der Waals surface area contributed by atoms with E-state index in [1.165, 1.54) is 6.33 Å². The minimum atomic E-state index is -0.312. The zero-order chi connectivity index (χ0) is 19.1. The highest BCUT2D eigenvalue weighted by Crippen LogP contribution is 2.32. The van der Waals surface area contributed by atoms with Crippen LogP contribution < -0.4 is 5.32 Å². The van der Waals surface area contributed by atoms with Crippen LogP contribution in [0.1, 0.15) is 16.1 Å². The predicted molar refractivity (Wildman–Crippen MR) is 106 cm³/mol. The summed E-state index contributed by atoms with van der Waals surface area (Å²) in [5.41, 5.74) is 2.10. The molecule has 1 amide bonds. The van der Waals surface area contributed by atoms with Crippen LogP contribution in [-0.4, -0.2) is 25.7 Å². The number of hydrogen-bond acceptors (Lipinski definition) is 5. The van der Waals surface area contributed by atoms with Gasteiger partial charge in [0.15, 0.2) is 11.6 Å². The summed E-state index contributed by atoms with van der Waals surface area (Å²) < 4.78 is 7.52. The van der Waals surface area contributed by atoms with Gasteiger partial charge in [0, 0.05) is 16.3 Å². The third-order valence-corrected chi connectivity index (χ3v) is 4.69. The zero-order valence-corrected chi connectivity index (χ0v) is 15.0. The van der Waals surface area contributed by atoms with Gasteiger partial charge >= 0.3 is 0 Å². The normalized spacial score (nSPS) is 11.2. The van der Waals surface area contributed by atoms with Crippen molar-refractivity contribution in [1.29, 1.82) is 0 Å². The van der Waals surface area contributed by atoms with Gasteiger partial charge in [-0.2, -0.15) is 5.10 Å². The fraction of sp³-hybridized carbons (Fsp3) is 0.0476. The minimum Gasteiger partial charge on any atom is -0.450 e. The van der Waals surface area contributed by atoms with Crippen molar-refractivity contribution in [2.45, 2.75) is 6.92 Å². The van der Waals surface area contributed by atoms with Gasteiger partial charge in [0.25, 0.3) is 5.91 Å². The number of benzene rings is 2. The first-order valence-corrected chi connectivity index (χ1v) is 8.74. The van der Waals surface area contributed by atoms with E-state index < -0.39 is 0 Å². The molecule has 2 aromatic carbocycles. The maximum atomic E-state index is 12.8. The van der Waals surface area contributed by atoms with Crippen LogP contribution in [0.25, 0.3) is 27.6 Å². The quantitative estimate of drug-likeness (QED) is 0.517. The van der Waals surface area contributed by atoms with E-state index >= 15 is 0 Å². The van der Waals surface area contributed by atoms with Crippen molar-refractivity contribution >= 4 is 33.3 Å². The molecule has 0 spiro atoms. The fourth-order valence-electron chi connectivity index (χ4n) is 3.28. The second kappa shape index (κ2) is 6.31. The average Bonchev–Trinajstić information content (AvgIpc) is 3.37. The van der Waals surface area contributed by atoms with Gasteiger partial charge in [0.2, 0.25) is 0 Å². The lowest BCUT2D eigenvalue weighted by Crippen LogP contribution is -2.12. The van der Waals surface area contributed by atoms with Crippen molar-refractivity contribution in [3.05, 3.63) is 78.7 Å². The maximum absolute atomic E-state index is 12.8. The first-order chi connectivity index (χ1) is 13.7. The molecule has 0 fully saturated rings. The number of fused-ring (bicyclic) bond motifs is 3. The molecule has 0 saturated carbocycles. The highest BCUT2D eigenvalue weighted by Gasteiger charge is 2.19. The molecule has 5 rings (SSSR count). The summed E-state index contributed by atoms with van der Waals surface area (Å²) >= 11 is 0. The summed E-state index contributed by atoms with van der Waals surface area (Å²) in [5.74, 6) is 0.599. The summed E-state index contributed by atoms with van der Waals surface area (Å²) in [7, 11) is 0. The van der Waals surface area contributed by atoms with Crippen LogP contribution in [0.4, 0.5) is 5.69 Å². The molecule has 5 aromatic rings. The summed E-state index contributed by atoms with van der Waals surface area (Å²) in [5, 5.41) is 9.86. The minimum absolute atomic E-state index is 0.298. The topological polar surface area (TPSA) is 85.8 Å². The smallest absolute Gasteiger partial charge is 0.291 e. The number of aromatic nitrogens is 4. The van der Waals surface area contributed by atoms with E-state index in [-0.39, 0.29) is 5.91 Å². The Morgan fingerprint density at radius 1 is 1.07 bits per heavy atom. The standard InChI is InChI=1S/C21H15N5O2/c1-13-16-8-6-14-4-2-3-5-17(14)20(16)28-19(13)21(27)25-15-7-9-18(23-10-15)26-12-22-11-24-26/h2-12H,1H3,(H,25,27). The summed E-state index contributed by atoms with van der Waals surface area (Å²) in [6.07, 6.45) is 4.57. The van der Waals surface area contributed by atoms with Gasteiger partial charge < -0.3 is 9.73 Å². The second-order valence-corrected chi connectivity index (χ2v) is 6.42. The van der Waals surface area contributed by atoms with Gasteiger partial charge in [0.05, 0.1) is 11.9 Å². The van der Waals surface area contributed by atoms with Crippen LogP contribution in [0.3, 0.4) is 0 Å². The molecule has 136 valence electrons. The molecule has 7 nitrogen and oxygen atoms in total. The van der Waals surface area contributed by atoms with Crippen LogP contribution in [0.2, 0.25) is 0 Å². The number of carbonyl (C=O) groups is 1. The number of anilines is 1. The number of hydrogen-bond donors (Lipinski definition) is 1. The van der Waals surface area contributed by atoms with E-state index in [9.17, 15) is 4.79 Å². The molecule has 0 saturated heterocycles. The van der Waals surface area contributed by atoms with E-state index in [0.29, 0.717) is 17.3 Å². The van der Waals surface area contributed by atoms with Crippen LogP contribution in [-0.2, 0) is 0 Å². The van der Waals surface area contributed by atoms with Gasteiger partial charge in [-0.05, 0) is 24.4 Å². The van der Waals surface area contributed by atoms with E-state index in [1.54, 1.807) is 29.3 Å². The Hall–Kier alpha value is -4.00. The van der Waals surface area contributed by atoms with Crippen LogP contribution in [0.15, 0.2) is 71.8 Å². The molecule has 3 aromatic heterocycles. The van der Waals surface area contributed by atoms with E-state index in [4.69, 9.17) is 4.42 Å². The van der Waals surface area contributed by atoms with Gasteiger partial charge in [-0.1, -0.05) is 36.4 Å². The molecule has 7 heteroatoms. The van der Waals surface area contributed by atoms with Gasteiger partial charge in [-0.3, -0.25) is 4.79 Å². The van der Waals surface area contributed by atoms with E-state index in [1.807, 2.05) is 43.3 Å². The van der Waals surface area contributed by atoms with Crippen molar-refractivity contribution in [3.8, 4) is 5.82 Å². The lowest BCUT2D eigenvalue weighted by atomic mass is 10.1. The van der Waals surface area contributed by atoms with Gasteiger partial charge in [0.1, 0.15) is 18.2 Å². The van der Waals surface area contributed by atoms with Crippen molar-refractivity contribution in [3.63, 3.8) is 0 Å². The number of aryl methyl sites for hydroxylation is 1. The Morgan fingerprint density at radius 2 is 1.96 bits per heavy atom. The Kier molecular flexibility index (Phi) is 3.65. The fourth-order valence-corrected chi connectivity index (χ4v) is 3.28. The van der Waals surface area contributed by atoms with Crippen LogP contribution >= 0.6 is 0 Å². The average molecular weight is 369 g/mol. The molecule has 0 aliphatic heterocycles. The second-order valence-electron chi connectivity index (χ2n) is 6.42. The van der Waals surface area contributed by atoms with E-state index in [0.717, 1.165) is 27.3 Å². The monoisotopic (exact) mass is 369 g/mol. The van der Waals surface area contributed by atoms with Gasteiger partial charge in [-0.25, -0.2) is 14.6 Å². The third-order valence-electron chi connectivity index (χ3n) is 4.69. The lowest BCUT2D eigenvalue weighted by Gasteiger charge is -2.05. The largest absolute Gasteiger partial charge is 0.450 e. The molecule has 0 aliphatic carbocycles. The number of nitrogens with zero attached hydrogens (tertiary/aromatic N) is 4. The van der Waals surface area contributed by atoms with E-state index in [2.05, 4.69) is 20.4 Å². The zero-order valence-electron chi connectivity index (χ0n) is 15.0. The first kappa shape index (κ1) is 16.2. The van der Waals surface area contributed by atoms with Crippen LogP contribution in [0.5, 0.6) is 0 Å². The highest BCUT2D eigenvalue weighted by atomic mass is 16.3. The molecular weight excluding hydrogens is 354 g/mol. The predicted octanol–water partition coefficient (Wildman–Crippen LogP) is 4.12. The lowest BCUT2D eigenvalue weighted by molar-refractivity contribution is 0.0998. The molecule has 28 heavy (non-hydrogen) atoms. The number of nitrogens with one attached hydrogen (secondary N) is 1. The molecule has 0 atom stereocenters. The van der Waals surface area contributed by atoms with Crippen molar-refractivity contribution in [2.75, 3.05) is 5.32 Å². The molecule has 0 unspecified atom stereocenters. The van der Waals surface area contributed by atoms with Gasteiger partial charge in [-0.15, -0.1) is 0 Å². The molecule has 1 N–H and O–H groups in total. The molecule has 3 heterocycles. The number of pyridine rings is 1. The molecule has 0 radical (unpaired) electrons. The maximum Gasteiger partial charge on any atom is 0.291 e. The molecular formula is C21H15N5O2. The summed E-state index contributed by atoms with van der Waals surface area (Å²) in [6.45, 7) is 1.89. The van der Waals surface area contributed by atoms with Crippen molar-refractivity contribution < 1.29 is 9.21 Å². The number of amides is 1. The van der Waals surface area contributed by atoms with Crippen molar-refractivity contribution in [1.82, 2.24) is 19.7 Å². The number of carbonyl (C=O) groups excluding carboxylic acids is 1. The number of furan rings is 1. The highest BCUT2D eigenvalue weighted by molar-refractivity contribution is 6.11.